The normalized spacial score (nSPS) is 15.9. The molecule has 0 aromatic heterocycles. The summed E-state index contributed by atoms with van der Waals surface area (Å²) in [7, 11) is -3.11. The predicted octanol–water partition coefficient (Wildman–Crippen LogP) is 8.95. The molecule has 0 saturated carbocycles. The first-order valence-corrected chi connectivity index (χ1v) is 28.8. The van der Waals surface area contributed by atoms with E-state index < -0.39 is 37.1 Å². The maximum absolute atomic E-state index is 2.92. The van der Waals surface area contributed by atoms with Gasteiger partial charge in [0.2, 0.25) is 0 Å². The Labute approximate surface area is 266 Å². The third-order valence-electron chi connectivity index (χ3n) is 9.03. The fourth-order valence-electron chi connectivity index (χ4n) is 7.26. The molecule has 0 N–H and O–H groups in total. The Morgan fingerprint density at radius 1 is 0.738 bits per heavy atom. The number of fused-ring (bicyclic) bond motifs is 3. The fraction of sp³-hybridized carbons (Fsp3) is 0.410. The Hall–Kier alpha value is -1.69. The fourth-order valence-corrected chi connectivity index (χ4v) is 25.1. The van der Waals surface area contributed by atoms with Crippen molar-refractivity contribution in [2.75, 3.05) is 0 Å². The molecule has 0 spiro atoms. The number of hydrogen-bond acceptors (Lipinski definition) is 0. The first-order chi connectivity index (χ1) is 19.4. The number of hydrogen-bond donors (Lipinski definition) is 0. The molecule has 0 bridgehead atoms. The Morgan fingerprint density at radius 2 is 1.38 bits per heavy atom. The third kappa shape index (κ3) is 6.00. The predicted molar refractivity (Wildman–Crippen MR) is 191 cm³/mol. The summed E-state index contributed by atoms with van der Waals surface area (Å²) in [6.07, 6.45) is 10.8. The molecule has 0 saturated heterocycles. The van der Waals surface area contributed by atoms with Gasteiger partial charge in [-0.05, 0) is 0 Å². The van der Waals surface area contributed by atoms with Gasteiger partial charge in [0.1, 0.15) is 0 Å². The van der Waals surface area contributed by atoms with Crippen LogP contribution in [-0.2, 0) is 38.2 Å². The van der Waals surface area contributed by atoms with Crippen LogP contribution in [0.4, 0.5) is 0 Å². The molecule has 0 heterocycles. The van der Waals surface area contributed by atoms with Crippen molar-refractivity contribution in [3.63, 3.8) is 0 Å². The summed E-state index contributed by atoms with van der Waals surface area (Å²) in [5.74, 6) is 0. The van der Waals surface area contributed by atoms with Crippen LogP contribution in [0, 0.1) is 0 Å². The van der Waals surface area contributed by atoms with Crippen LogP contribution in [0.15, 0.2) is 72.8 Å². The second kappa shape index (κ2) is 11.0. The van der Waals surface area contributed by atoms with Crippen molar-refractivity contribution in [2.45, 2.75) is 102 Å². The van der Waals surface area contributed by atoms with Crippen molar-refractivity contribution in [1.82, 2.24) is 0 Å². The second-order valence-electron chi connectivity index (χ2n) is 16.7. The maximum atomic E-state index is 2.92. The molecule has 0 unspecified atom stereocenters. The summed E-state index contributed by atoms with van der Waals surface area (Å²) < 4.78 is 5.28. The van der Waals surface area contributed by atoms with E-state index in [0.717, 1.165) is 6.42 Å². The minimum absolute atomic E-state index is 0.0688. The molecule has 2 aliphatic carbocycles. The van der Waals surface area contributed by atoms with Crippen LogP contribution in [0.3, 0.4) is 0 Å². The van der Waals surface area contributed by atoms with E-state index in [1.165, 1.54) is 16.7 Å². The molecule has 0 radical (unpaired) electrons. The zero-order valence-corrected chi connectivity index (χ0v) is 33.9. The van der Waals surface area contributed by atoms with E-state index in [4.69, 9.17) is 0 Å². The van der Waals surface area contributed by atoms with Crippen molar-refractivity contribution in [3.05, 3.63) is 101 Å². The van der Waals surface area contributed by atoms with Crippen LogP contribution in [0.1, 0.15) is 69.4 Å². The standard InChI is InChI=1S/C21H25.C13H22Si2.C5H5.Hf/c1-20(2,3)18-12-15-11-14-9-7-8-10-16(14)17(15)13-19(18)21(4,5)6;1-11-9-8-10-12(14(2,3)4)13(11)15(5,6)7;1-2-4-5-3-1;/h7-10,13H,11H2,1-6H3;1,8-10H,2-7H3;1-5H;. The molecule has 0 atom stereocenters. The second-order valence-corrected chi connectivity index (χ2v) is 35.2. The van der Waals surface area contributed by atoms with Crippen molar-refractivity contribution in [3.8, 4) is 11.1 Å². The molecule has 3 aromatic rings. The molecule has 5 rings (SSSR count). The van der Waals surface area contributed by atoms with Crippen molar-refractivity contribution >= 4 is 33.6 Å². The topological polar surface area (TPSA) is 0 Å². The molecule has 2 aliphatic rings. The van der Waals surface area contributed by atoms with Crippen LogP contribution in [0.25, 0.3) is 11.1 Å². The van der Waals surface area contributed by atoms with Gasteiger partial charge in [-0.15, -0.1) is 0 Å². The average Bonchev–Trinajstić information content (AvgIpc) is 3.52. The van der Waals surface area contributed by atoms with E-state index in [1.54, 1.807) is 35.9 Å². The van der Waals surface area contributed by atoms with E-state index in [0.29, 0.717) is 3.67 Å². The Morgan fingerprint density at radius 3 is 1.95 bits per heavy atom. The molecule has 0 amide bonds. The van der Waals surface area contributed by atoms with Gasteiger partial charge in [0.15, 0.2) is 0 Å². The summed E-state index contributed by atoms with van der Waals surface area (Å²) in [6.45, 7) is 30.0. The van der Waals surface area contributed by atoms with Crippen LogP contribution < -0.4 is 13.7 Å². The van der Waals surface area contributed by atoms with Gasteiger partial charge in [0.25, 0.3) is 0 Å². The Kier molecular flexibility index (Phi) is 8.34. The van der Waals surface area contributed by atoms with Crippen LogP contribution >= 0.6 is 0 Å². The SMILES string of the molecule is CC(C)(C)c1cc2c([c]([Hf](=[CH]c3cccc([Si](C)(C)C)c3[Si](C)(C)C)[CH]3C=CC=C3)c1C(C)(C)C)Cc1ccccc1-2. The molecule has 0 nitrogen and oxygen atoms in total. The van der Waals surface area contributed by atoms with Crippen LogP contribution in [0.2, 0.25) is 43.0 Å². The van der Waals surface area contributed by atoms with E-state index in [1.807, 2.05) is 0 Å². The molecular weight excluding hydrogens is 703 g/mol. The quantitative estimate of drug-likeness (QED) is 0.179. The molecule has 42 heavy (non-hydrogen) atoms. The van der Waals surface area contributed by atoms with Crippen LogP contribution in [-0.4, -0.2) is 19.9 Å². The van der Waals surface area contributed by atoms with E-state index in [-0.39, 0.29) is 10.8 Å². The van der Waals surface area contributed by atoms with Crippen LogP contribution in [0.5, 0.6) is 0 Å². The minimum atomic E-state index is -2.78. The zero-order valence-electron chi connectivity index (χ0n) is 28.3. The zero-order chi connectivity index (χ0) is 30.8. The van der Waals surface area contributed by atoms with E-state index in [2.05, 4.69) is 157 Å². The van der Waals surface area contributed by atoms with Crippen molar-refractivity contribution in [2.24, 2.45) is 0 Å². The molecule has 0 fully saturated rings. The van der Waals surface area contributed by atoms with Gasteiger partial charge in [-0.2, -0.15) is 0 Å². The molecule has 3 heteroatoms. The molecule has 0 aliphatic heterocycles. The van der Waals surface area contributed by atoms with Gasteiger partial charge in [-0.1, -0.05) is 0 Å². The van der Waals surface area contributed by atoms with Gasteiger partial charge in [-0.25, -0.2) is 0 Å². The van der Waals surface area contributed by atoms with Crippen molar-refractivity contribution < 1.29 is 21.0 Å². The number of benzene rings is 3. The summed E-state index contributed by atoms with van der Waals surface area (Å²) in [5, 5.41) is 3.43. The van der Waals surface area contributed by atoms with E-state index >= 15 is 0 Å². The number of rotatable bonds is 5. The van der Waals surface area contributed by atoms with Gasteiger partial charge in [0, 0.05) is 0 Å². The van der Waals surface area contributed by atoms with Crippen molar-refractivity contribution in [1.29, 1.82) is 0 Å². The summed E-state index contributed by atoms with van der Waals surface area (Å²) in [5.41, 5.74) is 11.1. The molecule has 220 valence electrons. The summed E-state index contributed by atoms with van der Waals surface area (Å²) in [4.78, 5) is 0. The van der Waals surface area contributed by atoms with Gasteiger partial charge >= 0.3 is 268 Å². The van der Waals surface area contributed by atoms with E-state index in [9.17, 15) is 0 Å². The summed E-state index contributed by atoms with van der Waals surface area (Å²) >= 11 is -2.78. The summed E-state index contributed by atoms with van der Waals surface area (Å²) in [6, 6.07) is 19.2. The third-order valence-corrected chi connectivity index (χ3v) is 23.6. The monoisotopic (exact) mass is 756 g/mol. The Bertz CT molecular complexity index is 1610. The Balaban J connectivity index is 1.95. The molecule has 3 aromatic carbocycles. The first-order valence-electron chi connectivity index (χ1n) is 15.9. The van der Waals surface area contributed by atoms with Gasteiger partial charge in [-0.3, -0.25) is 0 Å². The van der Waals surface area contributed by atoms with Gasteiger partial charge < -0.3 is 0 Å². The first kappa shape index (κ1) is 31.7. The molecular formula is C39H52HfSi2. The average molecular weight is 756 g/mol. The number of allylic oxidation sites excluding steroid dienone is 4. The van der Waals surface area contributed by atoms with Gasteiger partial charge in [0.05, 0.1) is 0 Å².